The smallest absolute Gasteiger partial charge is 0.276 e. The van der Waals surface area contributed by atoms with E-state index in [0.717, 1.165) is 18.2 Å². The Bertz CT molecular complexity index is 343. The van der Waals surface area contributed by atoms with Crippen molar-refractivity contribution in [1.82, 2.24) is 0 Å². The van der Waals surface area contributed by atoms with Gasteiger partial charge in [0.25, 0.3) is 5.69 Å². The lowest BCUT2D eigenvalue weighted by atomic mass is 10.3. The van der Waals surface area contributed by atoms with E-state index in [4.69, 9.17) is 10.5 Å². The van der Waals surface area contributed by atoms with Crippen LogP contribution in [0.3, 0.4) is 0 Å². The van der Waals surface area contributed by atoms with Crippen LogP contribution >= 0.6 is 0 Å². The first-order valence-corrected chi connectivity index (χ1v) is 3.91. The lowest BCUT2D eigenvalue weighted by molar-refractivity contribution is -0.385. The molecule has 0 radical (unpaired) electrons. The summed E-state index contributed by atoms with van der Waals surface area (Å²) in [5.74, 6) is -0.589. The van der Waals surface area contributed by atoms with Crippen molar-refractivity contribution in [3.8, 4) is 5.75 Å². The van der Waals surface area contributed by atoms with Gasteiger partial charge in [-0.15, -0.1) is 0 Å². The molecule has 2 N–H and O–H groups in total. The number of hydrogen-bond acceptors (Lipinski definition) is 4. The van der Waals surface area contributed by atoms with Gasteiger partial charge in [0.05, 0.1) is 17.1 Å². The highest BCUT2D eigenvalue weighted by Crippen LogP contribution is 2.21. The fourth-order valence-corrected chi connectivity index (χ4v) is 0.913. The predicted octanol–water partition coefficient (Wildman–Crippen LogP) is 1.07. The van der Waals surface area contributed by atoms with E-state index in [1.165, 1.54) is 0 Å². The van der Waals surface area contributed by atoms with Gasteiger partial charge in [0.2, 0.25) is 0 Å². The number of nitro groups is 1. The normalized spacial score (nSPS) is 9.86. The van der Waals surface area contributed by atoms with Gasteiger partial charge < -0.3 is 10.5 Å². The van der Waals surface area contributed by atoms with Crippen molar-refractivity contribution in [3.05, 3.63) is 34.1 Å². The quantitative estimate of drug-likeness (QED) is 0.582. The van der Waals surface area contributed by atoms with Crippen LogP contribution in [0.5, 0.6) is 5.75 Å². The van der Waals surface area contributed by atoms with Gasteiger partial charge in [0.1, 0.15) is 18.2 Å². The fourth-order valence-electron chi connectivity index (χ4n) is 0.913. The van der Waals surface area contributed by atoms with Crippen LogP contribution in [0.15, 0.2) is 18.2 Å². The number of ether oxygens (including phenoxy) is 1. The van der Waals surface area contributed by atoms with E-state index in [9.17, 15) is 14.5 Å². The summed E-state index contributed by atoms with van der Waals surface area (Å²) < 4.78 is 17.8. The molecule has 0 saturated heterocycles. The Balaban J connectivity index is 2.89. The number of benzene rings is 1. The summed E-state index contributed by atoms with van der Waals surface area (Å²) in [4.78, 5) is 9.66. The van der Waals surface area contributed by atoms with Crippen molar-refractivity contribution < 1.29 is 14.1 Å². The topological polar surface area (TPSA) is 78.4 Å². The van der Waals surface area contributed by atoms with Crippen LogP contribution in [0.2, 0.25) is 0 Å². The molecule has 0 saturated carbocycles. The van der Waals surface area contributed by atoms with Gasteiger partial charge >= 0.3 is 0 Å². The summed E-state index contributed by atoms with van der Waals surface area (Å²) in [6, 6.07) is 3.05. The Morgan fingerprint density at radius 1 is 1.50 bits per heavy atom. The highest BCUT2D eigenvalue weighted by Gasteiger charge is 2.10. The zero-order valence-electron chi connectivity index (χ0n) is 7.27. The lowest BCUT2D eigenvalue weighted by Crippen LogP contribution is -2.10. The van der Waals surface area contributed by atoms with Crippen molar-refractivity contribution in [3.63, 3.8) is 0 Å². The molecule has 0 aliphatic carbocycles. The SMILES string of the molecule is NCCOc1cc(F)cc([N+](=O)[O-])c1. The Labute approximate surface area is 79.4 Å². The third kappa shape index (κ3) is 2.67. The number of nitrogens with zero attached hydrogens (tertiary/aromatic N) is 1. The van der Waals surface area contributed by atoms with Gasteiger partial charge in [-0.1, -0.05) is 0 Å². The number of non-ortho nitro benzene ring substituents is 1. The summed E-state index contributed by atoms with van der Waals surface area (Å²) in [5.41, 5.74) is 4.82. The molecule has 6 heteroatoms. The molecule has 0 aromatic heterocycles. The molecule has 0 heterocycles. The van der Waals surface area contributed by atoms with Gasteiger partial charge in [-0.05, 0) is 0 Å². The number of hydrogen-bond donors (Lipinski definition) is 1. The molecule has 1 aromatic carbocycles. The monoisotopic (exact) mass is 200 g/mol. The zero-order chi connectivity index (χ0) is 10.6. The second-order valence-corrected chi connectivity index (χ2v) is 2.54. The van der Waals surface area contributed by atoms with Crippen molar-refractivity contribution in [2.45, 2.75) is 0 Å². The number of nitro benzene ring substituents is 1. The molecule has 76 valence electrons. The second kappa shape index (κ2) is 4.52. The molecule has 0 unspecified atom stereocenters. The summed E-state index contributed by atoms with van der Waals surface area (Å²) >= 11 is 0. The van der Waals surface area contributed by atoms with Gasteiger partial charge in [0, 0.05) is 12.6 Å². The van der Waals surface area contributed by atoms with Gasteiger partial charge in [-0.3, -0.25) is 10.1 Å². The van der Waals surface area contributed by atoms with Crippen molar-refractivity contribution >= 4 is 5.69 Å². The number of rotatable bonds is 4. The molecular formula is C8H9FN2O3. The Hall–Kier alpha value is -1.69. The molecule has 0 spiro atoms. The number of halogens is 1. The summed E-state index contributed by atoms with van der Waals surface area (Å²) in [5, 5.41) is 10.3. The first-order chi connectivity index (χ1) is 6.63. The predicted molar refractivity (Wildman–Crippen MR) is 47.6 cm³/mol. The molecule has 0 fully saturated rings. The van der Waals surface area contributed by atoms with E-state index in [2.05, 4.69) is 0 Å². The molecule has 1 aromatic rings. The first kappa shape index (κ1) is 10.4. The first-order valence-electron chi connectivity index (χ1n) is 3.91. The van der Waals surface area contributed by atoms with Crippen molar-refractivity contribution in [2.75, 3.05) is 13.2 Å². The van der Waals surface area contributed by atoms with Crippen LogP contribution in [-0.2, 0) is 0 Å². The van der Waals surface area contributed by atoms with Crippen LogP contribution in [0.4, 0.5) is 10.1 Å². The maximum Gasteiger partial charge on any atom is 0.276 e. The molecule has 0 amide bonds. The molecule has 0 aliphatic rings. The largest absolute Gasteiger partial charge is 0.492 e. The van der Waals surface area contributed by atoms with Gasteiger partial charge in [-0.25, -0.2) is 4.39 Å². The third-order valence-electron chi connectivity index (χ3n) is 1.45. The van der Waals surface area contributed by atoms with Crippen LogP contribution in [0.1, 0.15) is 0 Å². The van der Waals surface area contributed by atoms with E-state index >= 15 is 0 Å². The second-order valence-electron chi connectivity index (χ2n) is 2.54. The lowest BCUT2D eigenvalue weighted by Gasteiger charge is -2.03. The third-order valence-corrected chi connectivity index (χ3v) is 1.45. The van der Waals surface area contributed by atoms with E-state index in [1.807, 2.05) is 0 Å². The molecule has 0 aliphatic heterocycles. The van der Waals surface area contributed by atoms with E-state index in [1.54, 1.807) is 0 Å². The van der Waals surface area contributed by atoms with Crippen molar-refractivity contribution in [2.24, 2.45) is 5.73 Å². The Morgan fingerprint density at radius 2 is 2.21 bits per heavy atom. The minimum absolute atomic E-state index is 0.113. The summed E-state index contributed by atoms with van der Waals surface area (Å²) in [7, 11) is 0. The summed E-state index contributed by atoms with van der Waals surface area (Å²) in [6.07, 6.45) is 0. The van der Waals surface area contributed by atoms with Crippen LogP contribution in [0.25, 0.3) is 0 Å². The molecule has 0 bridgehead atoms. The average Bonchev–Trinajstić information content (AvgIpc) is 2.14. The van der Waals surface area contributed by atoms with Crippen LogP contribution in [-0.4, -0.2) is 18.1 Å². The van der Waals surface area contributed by atoms with E-state index in [0.29, 0.717) is 0 Å². The highest BCUT2D eigenvalue weighted by atomic mass is 19.1. The standard InChI is InChI=1S/C8H9FN2O3/c9-6-3-7(11(12)13)5-8(4-6)14-2-1-10/h3-5H,1-2,10H2. The Kier molecular flexibility index (Phi) is 3.35. The minimum atomic E-state index is -0.703. The minimum Gasteiger partial charge on any atom is -0.492 e. The van der Waals surface area contributed by atoms with Crippen molar-refractivity contribution in [1.29, 1.82) is 0 Å². The Morgan fingerprint density at radius 3 is 2.79 bits per heavy atom. The molecular weight excluding hydrogens is 191 g/mol. The highest BCUT2D eigenvalue weighted by molar-refractivity contribution is 5.38. The average molecular weight is 200 g/mol. The molecule has 1 rings (SSSR count). The fraction of sp³-hybridized carbons (Fsp3) is 0.250. The molecule has 5 nitrogen and oxygen atoms in total. The summed E-state index contributed by atoms with van der Waals surface area (Å²) in [6.45, 7) is 0.463. The van der Waals surface area contributed by atoms with E-state index in [-0.39, 0.29) is 24.6 Å². The molecule has 0 atom stereocenters. The maximum atomic E-state index is 12.8. The van der Waals surface area contributed by atoms with Gasteiger partial charge in [-0.2, -0.15) is 0 Å². The van der Waals surface area contributed by atoms with Crippen LogP contribution in [0, 0.1) is 15.9 Å². The van der Waals surface area contributed by atoms with Gasteiger partial charge in [0.15, 0.2) is 0 Å². The number of nitrogens with two attached hydrogens (primary N) is 1. The maximum absolute atomic E-state index is 12.8. The molecule has 14 heavy (non-hydrogen) atoms. The van der Waals surface area contributed by atoms with E-state index < -0.39 is 10.7 Å². The zero-order valence-corrected chi connectivity index (χ0v) is 7.27. The van der Waals surface area contributed by atoms with Crippen LogP contribution < -0.4 is 10.5 Å².